The number of benzene rings is 1. The number of aliphatic hydroxyl groups excluding tert-OH is 1. The van der Waals surface area contributed by atoms with Crippen molar-refractivity contribution in [1.82, 2.24) is 9.80 Å². The van der Waals surface area contributed by atoms with E-state index in [1.165, 1.54) is 7.11 Å². The van der Waals surface area contributed by atoms with E-state index in [0.717, 1.165) is 18.4 Å². The van der Waals surface area contributed by atoms with Crippen LogP contribution in [0.2, 0.25) is 0 Å². The summed E-state index contributed by atoms with van der Waals surface area (Å²) in [4.78, 5) is 29.5. The Morgan fingerprint density at radius 1 is 1.39 bits per heavy atom. The Hall–Kier alpha value is -2.27. The predicted molar refractivity (Wildman–Crippen MR) is 129 cm³/mol. The average Bonchev–Trinajstić information content (AvgIpc) is 3.57. The topological polar surface area (TPSA) is 70.1 Å². The van der Waals surface area contributed by atoms with Gasteiger partial charge in [0.15, 0.2) is 0 Å². The molecule has 1 aromatic carbocycles. The number of hydrogen-bond donors (Lipinski definition) is 1. The first-order valence-corrected chi connectivity index (χ1v) is 12.3. The molecule has 1 saturated carbocycles. The van der Waals surface area contributed by atoms with Crippen LogP contribution in [-0.2, 0) is 20.7 Å². The third kappa shape index (κ3) is 4.70. The maximum atomic E-state index is 13.4. The minimum Gasteiger partial charge on any atom is -0.467 e. The third-order valence-corrected chi connectivity index (χ3v) is 8.29. The number of aliphatic hydroxyl groups is 1. The van der Waals surface area contributed by atoms with E-state index in [0.29, 0.717) is 12.3 Å². The van der Waals surface area contributed by atoms with Crippen molar-refractivity contribution in [3.8, 4) is 12.3 Å². The second-order valence-electron chi connectivity index (χ2n) is 9.57. The zero-order valence-corrected chi connectivity index (χ0v) is 20.2. The van der Waals surface area contributed by atoms with E-state index in [9.17, 15) is 14.7 Å². The fourth-order valence-corrected chi connectivity index (χ4v) is 6.58. The molecule has 4 rings (SSSR count). The number of methoxy groups -OCH3 is 1. The molecule has 2 aliphatic heterocycles. The number of carbonyl (C=O) groups excluding carboxylic acids is 2. The Bertz CT molecular complexity index is 953. The molecule has 176 valence electrons. The highest BCUT2D eigenvalue weighted by molar-refractivity contribution is 8.01. The number of allylic oxidation sites excluding steroid dienone is 1. The van der Waals surface area contributed by atoms with Gasteiger partial charge in [-0.15, -0.1) is 18.2 Å². The van der Waals surface area contributed by atoms with Crippen LogP contribution >= 0.6 is 11.8 Å². The van der Waals surface area contributed by atoms with Crippen LogP contribution < -0.4 is 0 Å². The molecular weight excluding hydrogens is 436 g/mol. The van der Waals surface area contributed by atoms with Gasteiger partial charge >= 0.3 is 5.97 Å². The lowest BCUT2D eigenvalue weighted by Gasteiger charge is -2.50. The van der Waals surface area contributed by atoms with Crippen molar-refractivity contribution in [3.63, 3.8) is 0 Å². The normalized spacial score (nSPS) is 27.7. The van der Waals surface area contributed by atoms with Gasteiger partial charge in [0.05, 0.1) is 25.8 Å². The number of esters is 1. The fourth-order valence-electron chi connectivity index (χ4n) is 4.88. The average molecular weight is 469 g/mol. The van der Waals surface area contributed by atoms with Crippen LogP contribution in [0, 0.1) is 18.3 Å². The molecule has 1 aliphatic carbocycles. The van der Waals surface area contributed by atoms with Crippen LogP contribution in [0.5, 0.6) is 0 Å². The van der Waals surface area contributed by atoms with Gasteiger partial charge in [0, 0.05) is 11.2 Å². The van der Waals surface area contributed by atoms with Crippen LogP contribution in [0.25, 0.3) is 0 Å². The molecule has 0 spiro atoms. The zero-order chi connectivity index (χ0) is 23.8. The van der Waals surface area contributed by atoms with E-state index in [-0.39, 0.29) is 17.8 Å². The number of ether oxygens (including phenoxy) is 1. The number of fused-ring (bicyclic) bond motifs is 1. The molecule has 33 heavy (non-hydrogen) atoms. The maximum Gasteiger partial charge on any atom is 0.330 e. The van der Waals surface area contributed by atoms with Gasteiger partial charge in [-0.05, 0) is 38.2 Å². The summed E-state index contributed by atoms with van der Waals surface area (Å²) in [6, 6.07) is 8.29. The first-order valence-electron chi connectivity index (χ1n) is 11.5. The van der Waals surface area contributed by atoms with E-state index in [1.807, 2.05) is 55.2 Å². The van der Waals surface area contributed by atoms with Gasteiger partial charge in [0.2, 0.25) is 5.91 Å². The van der Waals surface area contributed by atoms with Crippen molar-refractivity contribution in [3.05, 3.63) is 48.0 Å². The van der Waals surface area contributed by atoms with Gasteiger partial charge in [0.25, 0.3) is 0 Å². The number of terminal acetylenes is 1. The highest BCUT2D eigenvalue weighted by atomic mass is 32.2. The lowest BCUT2D eigenvalue weighted by atomic mass is 9.92. The second-order valence-corrected chi connectivity index (χ2v) is 11.3. The smallest absolute Gasteiger partial charge is 0.330 e. The minimum absolute atomic E-state index is 0.138. The van der Waals surface area contributed by atoms with E-state index in [4.69, 9.17) is 11.2 Å². The maximum absolute atomic E-state index is 13.4. The Labute approximate surface area is 200 Å². The zero-order valence-electron chi connectivity index (χ0n) is 19.4. The summed E-state index contributed by atoms with van der Waals surface area (Å²) in [6.45, 7) is 4.15. The summed E-state index contributed by atoms with van der Waals surface area (Å²) >= 11 is 1.59. The monoisotopic (exact) mass is 468 g/mol. The van der Waals surface area contributed by atoms with Gasteiger partial charge in [-0.25, -0.2) is 4.79 Å². The Morgan fingerprint density at radius 2 is 2.09 bits per heavy atom. The van der Waals surface area contributed by atoms with Crippen LogP contribution in [0.4, 0.5) is 0 Å². The molecule has 1 aromatic rings. The molecular formula is C26H32N2O4S. The van der Waals surface area contributed by atoms with Crippen LogP contribution in [0.3, 0.4) is 0 Å². The number of amides is 1. The van der Waals surface area contributed by atoms with Gasteiger partial charge in [0.1, 0.15) is 17.5 Å². The molecule has 1 N–H and O–H groups in total. The Morgan fingerprint density at radius 3 is 2.70 bits per heavy atom. The molecule has 6 nitrogen and oxygen atoms in total. The first kappa shape index (κ1) is 23.9. The molecule has 2 saturated heterocycles. The Kier molecular flexibility index (Phi) is 6.90. The molecule has 5 atom stereocenters. The molecule has 0 bridgehead atoms. The summed E-state index contributed by atoms with van der Waals surface area (Å²) < 4.78 is 4.51. The molecule has 0 aromatic heterocycles. The highest BCUT2D eigenvalue weighted by Crippen LogP contribution is 2.52. The van der Waals surface area contributed by atoms with Gasteiger partial charge in [-0.2, -0.15) is 0 Å². The van der Waals surface area contributed by atoms with Crippen molar-refractivity contribution in [2.75, 3.05) is 13.7 Å². The first-order chi connectivity index (χ1) is 15.8. The molecule has 0 unspecified atom stereocenters. The quantitative estimate of drug-likeness (QED) is 0.260. The number of nitrogens with zero attached hydrogens (tertiary/aromatic N) is 2. The molecule has 1 amide bonds. The number of hydrogen-bond acceptors (Lipinski definition) is 6. The van der Waals surface area contributed by atoms with Crippen molar-refractivity contribution < 1.29 is 19.4 Å². The van der Waals surface area contributed by atoms with E-state index in [1.54, 1.807) is 16.7 Å². The molecule has 3 fully saturated rings. The summed E-state index contributed by atoms with van der Waals surface area (Å²) in [5.74, 6) is 2.68. The highest BCUT2D eigenvalue weighted by Gasteiger charge is 2.65. The summed E-state index contributed by atoms with van der Waals surface area (Å²) in [5, 5.41) is 11.1. The largest absolute Gasteiger partial charge is 0.467 e. The third-order valence-electron chi connectivity index (χ3n) is 6.74. The standard InChI is InChI=1S/C26H32N2O4S/c1-5-15-27(21-23(30)28-22(25(31)32-4)26(2,3)33-24(21)28)19(14-13-17-11-12-17)20(29)16-18-9-7-6-8-10-18/h1,6-10,13-14,17,19-22,24,29H,11-12,15-16H2,2-4H3/b14-13+/t19-,20+,21-,22+,24-/m1/s1. The van der Waals surface area contributed by atoms with Gasteiger partial charge in [-0.1, -0.05) is 48.4 Å². The van der Waals surface area contributed by atoms with Crippen molar-refractivity contribution >= 4 is 23.6 Å². The number of thioether (sulfide) groups is 1. The molecule has 7 heteroatoms. The predicted octanol–water partition coefficient (Wildman–Crippen LogP) is 2.46. The lowest BCUT2D eigenvalue weighted by molar-refractivity contribution is -0.168. The van der Waals surface area contributed by atoms with Gasteiger partial charge in [-0.3, -0.25) is 9.69 Å². The van der Waals surface area contributed by atoms with Crippen molar-refractivity contribution in [2.24, 2.45) is 5.92 Å². The summed E-state index contributed by atoms with van der Waals surface area (Å²) in [7, 11) is 1.35. The van der Waals surface area contributed by atoms with E-state index >= 15 is 0 Å². The number of carbonyl (C=O) groups is 2. The summed E-state index contributed by atoms with van der Waals surface area (Å²) in [6.07, 6.45) is 11.9. The van der Waals surface area contributed by atoms with Crippen molar-refractivity contribution in [1.29, 1.82) is 0 Å². The van der Waals surface area contributed by atoms with Crippen LogP contribution in [0.15, 0.2) is 42.5 Å². The van der Waals surface area contributed by atoms with E-state index in [2.05, 4.69) is 12.0 Å². The van der Waals surface area contributed by atoms with E-state index < -0.39 is 34.9 Å². The van der Waals surface area contributed by atoms with Crippen LogP contribution in [-0.4, -0.2) is 74.8 Å². The molecule has 0 radical (unpaired) electrons. The molecule has 3 aliphatic rings. The second kappa shape index (κ2) is 9.54. The minimum atomic E-state index is -0.728. The van der Waals surface area contributed by atoms with Crippen molar-refractivity contribution in [2.45, 2.75) is 67.5 Å². The Balaban J connectivity index is 1.61. The summed E-state index contributed by atoms with van der Waals surface area (Å²) in [5.41, 5.74) is 1.03. The number of β-lactam (4-membered cyclic amide) rings is 1. The fraction of sp³-hybridized carbons (Fsp3) is 0.538. The number of rotatable bonds is 9. The molecule has 2 heterocycles. The van der Waals surface area contributed by atoms with Crippen LogP contribution in [0.1, 0.15) is 32.3 Å². The lowest BCUT2D eigenvalue weighted by Crippen LogP contribution is -2.72. The van der Waals surface area contributed by atoms with Gasteiger partial charge < -0.3 is 14.7 Å². The SMILES string of the molecule is C#CCN([C@H](/C=C/C1CC1)[C@@H](O)Cc1ccccc1)[C@@H]1C(=O)N2[C@@H]1SC(C)(C)[C@@H]2C(=O)OC.